The minimum atomic E-state index is 0.364. The maximum atomic E-state index is 5.74. The summed E-state index contributed by atoms with van der Waals surface area (Å²) in [5, 5.41) is 3.53. The zero-order chi connectivity index (χ0) is 11.5. The van der Waals surface area contributed by atoms with E-state index in [0.29, 0.717) is 24.4 Å². The monoisotopic (exact) mass is 228 g/mol. The second kappa shape index (κ2) is 5.45. The molecular weight excluding hydrogens is 204 g/mol. The van der Waals surface area contributed by atoms with Crippen molar-refractivity contribution in [1.29, 1.82) is 0 Å². The number of nitrogens with zero attached hydrogens (tertiary/aromatic N) is 1. The van der Waals surface area contributed by atoms with E-state index in [1.807, 2.05) is 0 Å². The Bertz CT molecular complexity index is 215. The van der Waals surface area contributed by atoms with Crippen LogP contribution in [0.3, 0.4) is 0 Å². The van der Waals surface area contributed by atoms with E-state index in [1.165, 1.54) is 0 Å². The zero-order valence-electron chi connectivity index (χ0n) is 10.6. The van der Waals surface area contributed by atoms with Crippen molar-refractivity contribution in [3.63, 3.8) is 0 Å². The lowest BCUT2D eigenvalue weighted by atomic mass is 10.1. The quantitative estimate of drug-likeness (QED) is 0.761. The smallest absolute Gasteiger partial charge is 0.0711 e. The highest BCUT2D eigenvalue weighted by Crippen LogP contribution is 2.15. The first kappa shape index (κ1) is 12.3. The van der Waals surface area contributed by atoms with Gasteiger partial charge in [0.1, 0.15) is 0 Å². The molecule has 2 heterocycles. The molecule has 0 aromatic carbocycles. The van der Waals surface area contributed by atoms with Gasteiger partial charge in [0.05, 0.1) is 18.3 Å². The first-order valence-corrected chi connectivity index (χ1v) is 6.31. The third-order valence-corrected chi connectivity index (χ3v) is 3.49. The molecule has 0 bridgehead atoms. The summed E-state index contributed by atoms with van der Waals surface area (Å²) in [6.07, 6.45) is 2.27. The van der Waals surface area contributed by atoms with Crippen molar-refractivity contribution in [2.75, 3.05) is 33.3 Å². The minimum Gasteiger partial charge on any atom is -0.380 e. The Hall–Kier alpha value is -0.160. The van der Waals surface area contributed by atoms with Gasteiger partial charge in [-0.15, -0.1) is 0 Å². The van der Waals surface area contributed by atoms with Crippen LogP contribution in [0.15, 0.2) is 0 Å². The molecule has 2 fully saturated rings. The van der Waals surface area contributed by atoms with Crippen LogP contribution in [0.5, 0.6) is 0 Å². The van der Waals surface area contributed by atoms with Crippen LogP contribution in [0.4, 0.5) is 0 Å². The molecule has 0 aromatic heterocycles. The van der Waals surface area contributed by atoms with E-state index in [1.54, 1.807) is 7.11 Å². The molecule has 16 heavy (non-hydrogen) atoms. The maximum Gasteiger partial charge on any atom is 0.0711 e. The highest BCUT2D eigenvalue weighted by Gasteiger charge is 2.28. The molecule has 0 spiro atoms. The molecular formula is C12H24N2O2. The maximum absolute atomic E-state index is 5.74. The molecule has 4 atom stereocenters. The molecule has 0 radical (unpaired) electrons. The van der Waals surface area contributed by atoms with Crippen LogP contribution < -0.4 is 5.32 Å². The number of methoxy groups -OCH3 is 1. The lowest BCUT2D eigenvalue weighted by molar-refractivity contribution is -0.0696. The summed E-state index contributed by atoms with van der Waals surface area (Å²) in [5.41, 5.74) is 0. The average molecular weight is 228 g/mol. The normalized spacial score (nSPS) is 41.4. The molecule has 2 unspecified atom stereocenters. The van der Waals surface area contributed by atoms with Crippen LogP contribution in [0.2, 0.25) is 0 Å². The average Bonchev–Trinajstić information content (AvgIpc) is 2.64. The van der Waals surface area contributed by atoms with Gasteiger partial charge in [0.2, 0.25) is 0 Å². The summed E-state index contributed by atoms with van der Waals surface area (Å²) in [7, 11) is 1.80. The van der Waals surface area contributed by atoms with Crippen LogP contribution in [-0.4, -0.2) is 62.5 Å². The van der Waals surface area contributed by atoms with Crippen LogP contribution >= 0.6 is 0 Å². The van der Waals surface area contributed by atoms with Gasteiger partial charge in [0.25, 0.3) is 0 Å². The first-order valence-electron chi connectivity index (χ1n) is 6.31. The third-order valence-electron chi connectivity index (χ3n) is 3.49. The molecule has 2 aliphatic rings. The van der Waals surface area contributed by atoms with Crippen LogP contribution in [-0.2, 0) is 9.47 Å². The number of hydrogen-bond donors (Lipinski definition) is 1. The summed E-state index contributed by atoms with van der Waals surface area (Å²) in [6.45, 7) is 8.54. The fourth-order valence-corrected chi connectivity index (χ4v) is 2.85. The van der Waals surface area contributed by atoms with Crippen LogP contribution in [0.25, 0.3) is 0 Å². The molecule has 94 valence electrons. The van der Waals surface area contributed by atoms with Crippen molar-refractivity contribution < 1.29 is 9.47 Å². The Morgan fingerprint density at radius 3 is 2.56 bits per heavy atom. The van der Waals surface area contributed by atoms with Gasteiger partial charge in [-0.2, -0.15) is 0 Å². The van der Waals surface area contributed by atoms with Gasteiger partial charge in [-0.05, 0) is 20.3 Å². The highest BCUT2D eigenvalue weighted by molar-refractivity contribution is 4.86. The van der Waals surface area contributed by atoms with Crippen molar-refractivity contribution in [3.8, 4) is 0 Å². The van der Waals surface area contributed by atoms with Gasteiger partial charge in [-0.1, -0.05) is 0 Å². The summed E-state index contributed by atoms with van der Waals surface area (Å²) >= 11 is 0. The van der Waals surface area contributed by atoms with Gasteiger partial charge in [0.15, 0.2) is 0 Å². The summed E-state index contributed by atoms with van der Waals surface area (Å²) in [4.78, 5) is 2.51. The lowest BCUT2D eigenvalue weighted by Crippen LogP contribution is -2.49. The Kier molecular flexibility index (Phi) is 4.19. The topological polar surface area (TPSA) is 33.7 Å². The Balaban J connectivity index is 1.77. The van der Waals surface area contributed by atoms with Crippen molar-refractivity contribution in [2.45, 2.75) is 44.6 Å². The molecule has 2 aliphatic heterocycles. The van der Waals surface area contributed by atoms with Crippen molar-refractivity contribution in [3.05, 3.63) is 0 Å². The first-order chi connectivity index (χ1) is 7.67. The molecule has 0 saturated carbocycles. The van der Waals surface area contributed by atoms with Gasteiger partial charge in [-0.3, -0.25) is 4.90 Å². The number of ether oxygens (including phenoxy) is 2. The predicted octanol–water partition coefficient (Wildman–Crippen LogP) is 0.473. The van der Waals surface area contributed by atoms with Gasteiger partial charge >= 0.3 is 0 Å². The van der Waals surface area contributed by atoms with E-state index in [-0.39, 0.29) is 0 Å². The molecule has 0 aromatic rings. The SMILES string of the molecule is COC1CNC(CN2C[C@@H](C)O[C@@H](C)C2)C1. The van der Waals surface area contributed by atoms with Crippen molar-refractivity contribution in [2.24, 2.45) is 0 Å². The van der Waals surface area contributed by atoms with Crippen LogP contribution in [0, 0.1) is 0 Å². The number of nitrogens with one attached hydrogen (secondary N) is 1. The second-order valence-corrected chi connectivity index (χ2v) is 5.17. The Morgan fingerprint density at radius 1 is 1.31 bits per heavy atom. The zero-order valence-corrected chi connectivity index (χ0v) is 10.6. The molecule has 4 heteroatoms. The second-order valence-electron chi connectivity index (χ2n) is 5.17. The van der Waals surface area contributed by atoms with E-state index >= 15 is 0 Å². The van der Waals surface area contributed by atoms with Gasteiger partial charge in [-0.25, -0.2) is 0 Å². The fourth-order valence-electron chi connectivity index (χ4n) is 2.85. The van der Waals surface area contributed by atoms with E-state index in [9.17, 15) is 0 Å². The fraction of sp³-hybridized carbons (Fsp3) is 1.00. The predicted molar refractivity (Wildman–Crippen MR) is 63.7 cm³/mol. The summed E-state index contributed by atoms with van der Waals surface area (Å²) < 4.78 is 11.1. The largest absolute Gasteiger partial charge is 0.380 e. The number of rotatable bonds is 3. The summed E-state index contributed by atoms with van der Waals surface area (Å²) in [6, 6.07) is 0.586. The Morgan fingerprint density at radius 2 is 2.00 bits per heavy atom. The minimum absolute atomic E-state index is 0.364. The standard InChI is InChI=1S/C12H24N2O2/c1-9-6-14(7-10(2)16-9)8-11-4-12(15-3)5-13-11/h9-13H,4-8H2,1-3H3/t9-,10+,11?,12?. The lowest BCUT2D eigenvalue weighted by Gasteiger charge is -2.36. The number of morpholine rings is 1. The van der Waals surface area contributed by atoms with E-state index < -0.39 is 0 Å². The van der Waals surface area contributed by atoms with Crippen LogP contribution in [0.1, 0.15) is 20.3 Å². The molecule has 0 aliphatic carbocycles. The van der Waals surface area contributed by atoms with Crippen molar-refractivity contribution in [1.82, 2.24) is 10.2 Å². The Labute approximate surface area is 98.3 Å². The summed E-state index contributed by atoms with van der Waals surface area (Å²) in [5.74, 6) is 0. The highest BCUT2D eigenvalue weighted by atomic mass is 16.5. The van der Waals surface area contributed by atoms with Crippen molar-refractivity contribution >= 4 is 0 Å². The molecule has 0 amide bonds. The van der Waals surface area contributed by atoms with E-state index in [0.717, 1.165) is 32.6 Å². The molecule has 2 rings (SSSR count). The molecule has 1 N–H and O–H groups in total. The van der Waals surface area contributed by atoms with Gasteiger partial charge in [0, 0.05) is 39.3 Å². The molecule has 4 nitrogen and oxygen atoms in total. The van der Waals surface area contributed by atoms with Gasteiger partial charge < -0.3 is 14.8 Å². The number of hydrogen-bond acceptors (Lipinski definition) is 4. The third kappa shape index (κ3) is 3.17. The molecule has 2 saturated heterocycles. The van der Waals surface area contributed by atoms with E-state index in [2.05, 4.69) is 24.1 Å². The van der Waals surface area contributed by atoms with E-state index in [4.69, 9.17) is 9.47 Å².